The highest BCUT2D eigenvalue weighted by Gasteiger charge is 2.36. The molecular weight excluding hydrogens is 553 g/mol. The summed E-state index contributed by atoms with van der Waals surface area (Å²) in [5.74, 6) is 4.29. The van der Waals surface area contributed by atoms with Crippen molar-refractivity contribution in [3.63, 3.8) is 0 Å². The van der Waals surface area contributed by atoms with Crippen molar-refractivity contribution in [2.45, 2.75) is 121 Å². The Kier molecular flexibility index (Phi) is 6.83. The van der Waals surface area contributed by atoms with Crippen molar-refractivity contribution in [1.29, 1.82) is 0 Å². The van der Waals surface area contributed by atoms with Gasteiger partial charge in [0, 0.05) is 0 Å². The molecule has 5 aliphatic carbocycles. The van der Waals surface area contributed by atoms with Gasteiger partial charge in [0.05, 0.1) is 0 Å². The van der Waals surface area contributed by atoms with Crippen LogP contribution in [0.2, 0.25) is 0 Å². The Morgan fingerprint density at radius 1 is 0.457 bits per heavy atom. The molecule has 0 aromatic heterocycles. The highest BCUT2D eigenvalue weighted by molar-refractivity contribution is 6.16. The lowest BCUT2D eigenvalue weighted by atomic mass is 9.64. The van der Waals surface area contributed by atoms with Crippen LogP contribution >= 0.6 is 0 Å². The Balaban J connectivity index is 1.29. The van der Waals surface area contributed by atoms with E-state index in [4.69, 9.17) is 0 Å². The molecule has 5 aliphatic rings. The van der Waals surface area contributed by atoms with Gasteiger partial charge in [0.25, 0.3) is 0 Å². The fraction of sp³-hybridized carbons (Fsp3) is 0.478. The van der Waals surface area contributed by atoms with Gasteiger partial charge < -0.3 is 0 Å². The van der Waals surface area contributed by atoms with E-state index in [1.807, 2.05) is 0 Å². The summed E-state index contributed by atoms with van der Waals surface area (Å²) in [6, 6.07) is 27.3. The number of benzene rings is 5. The third-order valence-corrected chi connectivity index (χ3v) is 14.0. The molecule has 0 bridgehead atoms. The molecule has 5 atom stereocenters. The van der Waals surface area contributed by atoms with Gasteiger partial charge in [-0.25, -0.2) is 0 Å². The molecule has 5 aromatic carbocycles. The molecule has 0 heteroatoms. The zero-order chi connectivity index (χ0) is 30.2. The van der Waals surface area contributed by atoms with Crippen LogP contribution in [0.5, 0.6) is 0 Å². The Bertz CT molecular complexity index is 1970. The van der Waals surface area contributed by atoms with E-state index in [9.17, 15) is 0 Å². The summed E-state index contributed by atoms with van der Waals surface area (Å²) in [5, 5.41) is 9.08. The number of hydrogen-bond acceptors (Lipinski definition) is 0. The molecule has 0 radical (unpaired) electrons. The fourth-order valence-corrected chi connectivity index (χ4v) is 11.7. The van der Waals surface area contributed by atoms with Gasteiger partial charge in [0.1, 0.15) is 0 Å². The summed E-state index contributed by atoms with van der Waals surface area (Å²) in [6.07, 6.45) is 23.7. The second-order valence-corrected chi connectivity index (χ2v) is 16.3. The van der Waals surface area contributed by atoms with Gasteiger partial charge in [-0.15, -0.1) is 0 Å². The van der Waals surface area contributed by atoms with Gasteiger partial charge in [-0.1, -0.05) is 93.1 Å². The summed E-state index contributed by atoms with van der Waals surface area (Å²) < 4.78 is 0. The molecular formula is C46H50. The van der Waals surface area contributed by atoms with Crippen LogP contribution in [0.25, 0.3) is 43.4 Å². The lowest BCUT2D eigenvalue weighted by Gasteiger charge is -2.41. The standard InChI is InChI=1S/C46H50/c1-3-12-32-23-37(21-17-29(32)9-1)45-41-25-34-14-5-6-15-35(34)26-42(41)46(38-22-18-30-10-2-4-13-33(30)24-38)44-28-40-36(27-43(44)45)20-19-31-11-7-8-16-39(31)40/h2,4,10,13,18,22,24-29,31-32,37,39H,1,3,5-9,11-12,14-17,19-21,23H2. The van der Waals surface area contributed by atoms with E-state index < -0.39 is 0 Å². The SMILES string of the molecule is c1ccc2cc(-c3c4cc5c(cc4c(C4CCC6CCCCC6C4)c4cc6c(cc34)C3CCCCC3CC6)CCCC5)ccc2c1. The molecule has 0 spiro atoms. The van der Waals surface area contributed by atoms with Crippen molar-refractivity contribution >= 4 is 32.3 Å². The van der Waals surface area contributed by atoms with Crippen LogP contribution in [-0.2, 0) is 19.3 Å². The van der Waals surface area contributed by atoms with Gasteiger partial charge in [-0.3, -0.25) is 0 Å². The molecule has 0 saturated heterocycles. The van der Waals surface area contributed by atoms with Crippen LogP contribution in [0.1, 0.15) is 130 Å². The zero-order valence-electron chi connectivity index (χ0n) is 27.8. The maximum absolute atomic E-state index is 2.78. The lowest BCUT2D eigenvalue weighted by Crippen LogP contribution is -2.27. The fourth-order valence-electron chi connectivity index (χ4n) is 11.7. The van der Waals surface area contributed by atoms with Gasteiger partial charge in [-0.05, 0) is 184 Å². The predicted molar refractivity (Wildman–Crippen MR) is 196 cm³/mol. The highest BCUT2D eigenvalue weighted by Crippen LogP contribution is 2.53. The van der Waals surface area contributed by atoms with Crippen LogP contribution in [0.4, 0.5) is 0 Å². The van der Waals surface area contributed by atoms with Gasteiger partial charge in [-0.2, -0.15) is 0 Å². The van der Waals surface area contributed by atoms with E-state index in [2.05, 4.69) is 66.7 Å². The first-order valence-electron chi connectivity index (χ1n) is 19.4. The Morgan fingerprint density at radius 3 is 2.00 bits per heavy atom. The summed E-state index contributed by atoms with van der Waals surface area (Å²) in [4.78, 5) is 0. The molecule has 10 rings (SSSR count). The minimum absolute atomic E-state index is 0.695. The van der Waals surface area contributed by atoms with Gasteiger partial charge in [0.15, 0.2) is 0 Å². The Morgan fingerprint density at radius 2 is 1.15 bits per heavy atom. The molecule has 5 aromatic rings. The normalized spacial score (nSPS) is 27.6. The highest BCUT2D eigenvalue weighted by atomic mass is 14.4. The second kappa shape index (κ2) is 11.2. The first-order chi connectivity index (χ1) is 22.8. The Labute approximate surface area is 276 Å². The first-order valence-corrected chi connectivity index (χ1v) is 19.4. The van der Waals surface area contributed by atoms with E-state index in [1.165, 1.54) is 131 Å². The average Bonchev–Trinajstić information content (AvgIpc) is 3.12. The lowest BCUT2D eigenvalue weighted by molar-refractivity contribution is 0.156. The monoisotopic (exact) mass is 602 g/mol. The van der Waals surface area contributed by atoms with Crippen molar-refractivity contribution in [2.75, 3.05) is 0 Å². The molecule has 0 N–H and O–H groups in total. The van der Waals surface area contributed by atoms with E-state index in [1.54, 1.807) is 49.4 Å². The Hall–Kier alpha value is -3.12. The summed E-state index contributed by atoms with van der Waals surface area (Å²) >= 11 is 0. The van der Waals surface area contributed by atoms with E-state index in [0.717, 1.165) is 23.7 Å². The summed E-state index contributed by atoms with van der Waals surface area (Å²) in [6.45, 7) is 0. The summed E-state index contributed by atoms with van der Waals surface area (Å²) in [7, 11) is 0. The third kappa shape index (κ3) is 4.52. The molecule has 0 heterocycles. The van der Waals surface area contributed by atoms with E-state index >= 15 is 0 Å². The maximum atomic E-state index is 2.78. The summed E-state index contributed by atoms with van der Waals surface area (Å²) in [5.41, 5.74) is 11.4. The smallest absolute Gasteiger partial charge is 0.00262 e. The largest absolute Gasteiger partial charge is 0.0616 e. The number of rotatable bonds is 2. The molecule has 0 nitrogen and oxygen atoms in total. The molecule has 0 amide bonds. The van der Waals surface area contributed by atoms with Crippen LogP contribution in [0.15, 0.2) is 66.7 Å². The minimum Gasteiger partial charge on any atom is -0.0616 e. The predicted octanol–water partition coefficient (Wildman–Crippen LogP) is 13.0. The van der Waals surface area contributed by atoms with Crippen molar-refractivity contribution < 1.29 is 0 Å². The second-order valence-electron chi connectivity index (χ2n) is 16.3. The van der Waals surface area contributed by atoms with Crippen molar-refractivity contribution in [1.82, 2.24) is 0 Å². The number of aryl methyl sites for hydroxylation is 3. The van der Waals surface area contributed by atoms with E-state index in [-0.39, 0.29) is 0 Å². The first kappa shape index (κ1) is 27.9. The molecule has 3 fully saturated rings. The topological polar surface area (TPSA) is 0 Å². The molecule has 46 heavy (non-hydrogen) atoms. The van der Waals surface area contributed by atoms with Crippen LogP contribution in [0, 0.1) is 17.8 Å². The van der Waals surface area contributed by atoms with Crippen LogP contribution < -0.4 is 0 Å². The van der Waals surface area contributed by atoms with E-state index in [0.29, 0.717) is 5.92 Å². The van der Waals surface area contributed by atoms with Crippen molar-refractivity contribution in [3.05, 3.63) is 94.5 Å². The third-order valence-electron chi connectivity index (χ3n) is 14.0. The molecule has 0 aliphatic heterocycles. The average molecular weight is 603 g/mol. The molecule has 3 saturated carbocycles. The quantitative estimate of drug-likeness (QED) is 0.176. The maximum Gasteiger partial charge on any atom is -0.00262 e. The minimum atomic E-state index is 0.695. The van der Waals surface area contributed by atoms with Crippen molar-refractivity contribution in [2.24, 2.45) is 17.8 Å². The van der Waals surface area contributed by atoms with Crippen LogP contribution in [-0.4, -0.2) is 0 Å². The van der Waals surface area contributed by atoms with Crippen molar-refractivity contribution in [3.8, 4) is 11.1 Å². The number of hydrogen-bond donors (Lipinski definition) is 0. The number of fused-ring (bicyclic) bond motifs is 8. The molecule has 5 unspecified atom stereocenters. The van der Waals surface area contributed by atoms with Gasteiger partial charge in [0.2, 0.25) is 0 Å². The van der Waals surface area contributed by atoms with Gasteiger partial charge >= 0.3 is 0 Å². The molecule has 234 valence electrons. The zero-order valence-corrected chi connectivity index (χ0v) is 27.8. The van der Waals surface area contributed by atoms with Crippen LogP contribution in [0.3, 0.4) is 0 Å².